The van der Waals surface area contributed by atoms with Crippen LogP contribution in [0.4, 0.5) is 0 Å². The molecular weight excluding hydrogens is 238 g/mol. The summed E-state index contributed by atoms with van der Waals surface area (Å²) in [6, 6.07) is 10.7. The van der Waals surface area contributed by atoms with E-state index in [0.717, 1.165) is 24.3 Å². The Hall–Kier alpha value is -0.470. The zero-order chi connectivity index (χ0) is 12.2. The molecule has 1 N–H and O–H groups in total. The van der Waals surface area contributed by atoms with Gasteiger partial charge in [-0.15, -0.1) is 11.8 Å². The average Bonchev–Trinajstić information content (AvgIpc) is 3.02. The van der Waals surface area contributed by atoms with Gasteiger partial charge in [0, 0.05) is 17.2 Å². The molecule has 0 aliphatic heterocycles. The van der Waals surface area contributed by atoms with Crippen molar-refractivity contribution in [3.63, 3.8) is 0 Å². The molecule has 2 fully saturated rings. The molecule has 0 saturated heterocycles. The van der Waals surface area contributed by atoms with Crippen LogP contribution < -0.4 is 5.32 Å². The van der Waals surface area contributed by atoms with Gasteiger partial charge in [0.15, 0.2) is 0 Å². The van der Waals surface area contributed by atoms with Gasteiger partial charge in [0.25, 0.3) is 0 Å². The number of rotatable bonds is 6. The molecule has 2 bridgehead atoms. The third kappa shape index (κ3) is 3.10. The van der Waals surface area contributed by atoms with Crippen LogP contribution >= 0.6 is 11.8 Å². The van der Waals surface area contributed by atoms with E-state index < -0.39 is 0 Å². The third-order valence-corrected chi connectivity index (χ3v) is 5.60. The van der Waals surface area contributed by atoms with Crippen LogP contribution in [0.2, 0.25) is 0 Å². The monoisotopic (exact) mass is 261 g/mol. The minimum Gasteiger partial charge on any atom is -0.316 e. The molecule has 2 aliphatic carbocycles. The Labute approximate surface area is 115 Å². The Morgan fingerprint density at radius 1 is 1.11 bits per heavy atom. The lowest BCUT2D eigenvalue weighted by Gasteiger charge is -2.21. The fourth-order valence-electron chi connectivity index (χ4n) is 3.67. The third-order valence-electron chi connectivity index (χ3n) is 4.58. The summed E-state index contributed by atoms with van der Waals surface area (Å²) in [7, 11) is 0. The van der Waals surface area contributed by atoms with E-state index in [9.17, 15) is 0 Å². The Balaban J connectivity index is 1.29. The lowest BCUT2D eigenvalue weighted by atomic mass is 9.89. The Morgan fingerprint density at radius 3 is 2.72 bits per heavy atom. The summed E-state index contributed by atoms with van der Waals surface area (Å²) in [6.07, 6.45) is 6.06. The lowest BCUT2D eigenvalue weighted by Crippen LogP contribution is -2.28. The molecule has 1 aromatic rings. The normalized spacial score (nSPS) is 29.9. The summed E-state index contributed by atoms with van der Waals surface area (Å²) in [5, 5.41) is 3.66. The van der Waals surface area contributed by atoms with Gasteiger partial charge in [-0.1, -0.05) is 24.6 Å². The Bertz CT molecular complexity index is 365. The molecule has 2 aliphatic rings. The maximum Gasteiger partial charge on any atom is 0.0106 e. The van der Waals surface area contributed by atoms with Gasteiger partial charge in [0.1, 0.15) is 0 Å². The number of hydrogen-bond donors (Lipinski definition) is 1. The van der Waals surface area contributed by atoms with Crippen molar-refractivity contribution < 1.29 is 0 Å². The van der Waals surface area contributed by atoms with Crippen molar-refractivity contribution in [1.82, 2.24) is 5.32 Å². The van der Waals surface area contributed by atoms with Crippen molar-refractivity contribution in [2.45, 2.75) is 30.6 Å². The highest BCUT2D eigenvalue weighted by molar-refractivity contribution is 7.99. The first kappa shape index (κ1) is 12.6. The first-order valence-electron chi connectivity index (χ1n) is 7.30. The van der Waals surface area contributed by atoms with Crippen molar-refractivity contribution >= 4 is 11.8 Å². The van der Waals surface area contributed by atoms with Crippen molar-refractivity contribution in [3.05, 3.63) is 30.3 Å². The van der Waals surface area contributed by atoms with Crippen LogP contribution in [0.25, 0.3) is 0 Å². The van der Waals surface area contributed by atoms with E-state index in [1.54, 1.807) is 0 Å². The molecule has 2 heteroatoms. The molecule has 98 valence electrons. The lowest BCUT2D eigenvalue weighted by molar-refractivity contribution is 0.321. The fourth-order valence-corrected chi connectivity index (χ4v) is 4.50. The largest absolute Gasteiger partial charge is 0.316 e. The van der Waals surface area contributed by atoms with E-state index in [0.29, 0.717) is 0 Å². The van der Waals surface area contributed by atoms with Crippen molar-refractivity contribution in [3.8, 4) is 0 Å². The molecule has 1 aromatic carbocycles. The van der Waals surface area contributed by atoms with Crippen LogP contribution in [0, 0.1) is 17.8 Å². The van der Waals surface area contributed by atoms with Crippen molar-refractivity contribution in [1.29, 1.82) is 0 Å². The standard InChI is InChI=1S/C16H23NS/c1-2-4-16(5-3-1)18-9-8-17-12-15-11-13-6-7-14(15)10-13/h1-5,13-15,17H,6-12H2. The van der Waals surface area contributed by atoms with Crippen LogP contribution in [-0.4, -0.2) is 18.8 Å². The summed E-state index contributed by atoms with van der Waals surface area (Å²) in [6.45, 7) is 2.41. The van der Waals surface area contributed by atoms with E-state index in [2.05, 4.69) is 35.6 Å². The van der Waals surface area contributed by atoms with E-state index in [1.165, 1.54) is 42.9 Å². The molecule has 0 amide bonds. The predicted molar refractivity (Wildman–Crippen MR) is 79.0 cm³/mol. The first-order valence-corrected chi connectivity index (χ1v) is 8.29. The number of hydrogen-bond acceptors (Lipinski definition) is 2. The van der Waals surface area contributed by atoms with Crippen LogP contribution in [0.5, 0.6) is 0 Å². The molecular formula is C16H23NS. The summed E-state index contributed by atoms with van der Waals surface area (Å²) in [5.41, 5.74) is 0. The Morgan fingerprint density at radius 2 is 2.00 bits per heavy atom. The molecule has 3 atom stereocenters. The summed E-state index contributed by atoms with van der Waals surface area (Å²) >= 11 is 1.96. The van der Waals surface area contributed by atoms with E-state index in [1.807, 2.05) is 11.8 Å². The van der Waals surface area contributed by atoms with Crippen molar-refractivity contribution in [2.24, 2.45) is 17.8 Å². The average molecular weight is 261 g/mol. The van der Waals surface area contributed by atoms with Gasteiger partial charge >= 0.3 is 0 Å². The van der Waals surface area contributed by atoms with E-state index >= 15 is 0 Å². The molecule has 3 unspecified atom stereocenters. The van der Waals surface area contributed by atoms with Gasteiger partial charge in [-0.25, -0.2) is 0 Å². The van der Waals surface area contributed by atoms with E-state index in [4.69, 9.17) is 0 Å². The van der Waals surface area contributed by atoms with Gasteiger partial charge in [0.2, 0.25) is 0 Å². The second-order valence-corrected chi connectivity index (χ2v) is 6.97. The number of benzene rings is 1. The van der Waals surface area contributed by atoms with Crippen LogP contribution in [0.3, 0.4) is 0 Å². The molecule has 0 heterocycles. The van der Waals surface area contributed by atoms with Gasteiger partial charge in [0.05, 0.1) is 0 Å². The van der Waals surface area contributed by atoms with Crippen LogP contribution in [0.15, 0.2) is 35.2 Å². The highest BCUT2D eigenvalue weighted by atomic mass is 32.2. The van der Waals surface area contributed by atoms with Crippen LogP contribution in [-0.2, 0) is 0 Å². The second kappa shape index (κ2) is 6.12. The summed E-state index contributed by atoms with van der Waals surface area (Å²) < 4.78 is 0. The molecule has 0 spiro atoms. The highest BCUT2D eigenvalue weighted by Gasteiger charge is 2.38. The first-order chi connectivity index (χ1) is 8.92. The smallest absolute Gasteiger partial charge is 0.0106 e. The van der Waals surface area contributed by atoms with Crippen molar-refractivity contribution in [2.75, 3.05) is 18.8 Å². The Kier molecular flexibility index (Phi) is 4.27. The number of fused-ring (bicyclic) bond motifs is 2. The number of nitrogens with one attached hydrogen (secondary N) is 1. The molecule has 2 saturated carbocycles. The second-order valence-electron chi connectivity index (χ2n) is 5.80. The van der Waals surface area contributed by atoms with Gasteiger partial charge in [-0.3, -0.25) is 0 Å². The maximum absolute atomic E-state index is 3.66. The zero-order valence-corrected chi connectivity index (χ0v) is 11.8. The topological polar surface area (TPSA) is 12.0 Å². The van der Waals surface area contributed by atoms with Gasteiger partial charge < -0.3 is 5.32 Å². The highest BCUT2D eigenvalue weighted by Crippen LogP contribution is 2.47. The molecule has 1 nitrogen and oxygen atoms in total. The summed E-state index contributed by atoms with van der Waals surface area (Å²) in [5.74, 6) is 4.32. The van der Waals surface area contributed by atoms with Crippen LogP contribution in [0.1, 0.15) is 25.7 Å². The maximum atomic E-state index is 3.66. The minimum atomic E-state index is 0.991. The molecule has 3 rings (SSSR count). The molecule has 18 heavy (non-hydrogen) atoms. The van der Waals surface area contributed by atoms with Gasteiger partial charge in [-0.05, 0) is 55.7 Å². The molecule has 0 radical (unpaired) electrons. The quantitative estimate of drug-likeness (QED) is 0.617. The number of thioether (sulfide) groups is 1. The predicted octanol–water partition coefficient (Wildman–Crippen LogP) is 3.80. The summed E-state index contributed by atoms with van der Waals surface area (Å²) in [4.78, 5) is 1.39. The SMILES string of the molecule is c1ccc(SCCNCC2CC3CCC2C3)cc1. The fraction of sp³-hybridized carbons (Fsp3) is 0.625. The molecule has 0 aromatic heterocycles. The zero-order valence-electron chi connectivity index (χ0n) is 11.0. The minimum absolute atomic E-state index is 0.991. The van der Waals surface area contributed by atoms with Gasteiger partial charge in [-0.2, -0.15) is 0 Å². The van der Waals surface area contributed by atoms with E-state index in [-0.39, 0.29) is 0 Å².